The van der Waals surface area contributed by atoms with Gasteiger partial charge in [0.25, 0.3) is 0 Å². The predicted octanol–water partition coefficient (Wildman–Crippen LogP) is 2.69. The maximum absolute atomic E-state index is 10.4. The number of ether oxygens (including phenoxy) is 2. The number of aliphatic hydroxyl groups excluding tert-OH is 1. The Bertz CT molecular complexity index is 394. The van der Waals surface area contributed by atoms with E-state index in [9.17, 15) is 5.11 Å². The van der Waals surface area contributed by atoms with Gasteiger partial charge in [-0.1, -0.05) is 12.1 Å². The first-order chi connectivity index (χ1) is 8.83. The highest BCUT2D eigenvalue weighted by Gasteiger charge is 2.26. The molecule has 98 valence electrons. The topological polar surface area (TPSA) is 38.7 Å². The monoisotopic (exact) mass is 248 g/mol. The summed E-state index contributed by atoms with van der Waals surface area (Å²) < 4.78 is 11.2. The number of hydrogen-bond acceptors (Lipinski definition) is 3. The van der Waals surface area contributed by atoms with Crippen LogP contribution >= 0.6 is 0 Å². The maximum Gasteiger partial charge on any atom is 0.120 e. The minimum Gasteiger partial charge on any atom is -0.490 e. The van der Waals surface area contributed by atoms with Gasteiger partial charge in [-0.3, -0.25) is 0 Å². The number of rotatable bonds is 4. The highest BCUT2D eigenvalue weighted by molar-refractivity contribution is 5.30. The lowest BCUT2D eigenvalue weighted by molar-refractivity contribution is -0.0100. The SMILES string of the molecule is OC(c1cccc(OC2CC2)c1)C1CCCOC1. The van der Waals surface area contributed by atoms with Crippen LogP contribution in [-0.2, 0) is 4.74 Å². The van der Waals surface area contributed by atoms with E-state index in [1.807, 2.05) is 24.3 Å². The van der Waals surface area contributed by atoms with Crippen LogP contribution in [-0.4, -0.2) is 24.4 Å². The molecule has 0 spiro atoms. The number of aliphatic hydroxyl groups is 1. The quantitative estimate of drug-likeness (QED) is 0.890. The smallest absolute Gasteiger partial charge is 0.120 e. The molecule has 1 heterocycles. The fourth-order valence-electron chi connectivity index (χ4n) is 2.44. The third-order valence-corrected chi connectivity index (χ3v) is 3.67. The van der Waals surface area contributed by atoms with Gasteiger partial charge in [0.1, 0.15) is 5.75 Å². The Labute approximate surface area is 108 Å². The molecule has 0 amide bonds. The standard InChI is InChI=1S/C15H20O3/c16-15(12-4-2-8-17-10-12)11-3-1-5-14(9-11)18-13-6-7-13/h1,3,5,9,12-13,15-16H,2,4,6-8,10H2. The van der Waals surface area contributed by atoms with E-state index in [-0.39, 0.29) is 5.92 Å². The van der Waals surface area contributed by atoms with Crippen LogP contribution in [0.25, 0.3) is 0 Å². The lowest BCUT2D eigenvalue weighted by Gasteiger charge is -2.27. The number of hydrogen-bond donors (Lipinski definition) is 1. The molecule has 3 nitrogen and oxygen atoms in total. The average Bonchev–Trinajstić information content (AvgIpc) is 3.23. The van der Waals surface area contributed by atoms with E-state index in [2.05, 4.69) is 0 Å². The fourth-order valence-corrected chi connectivity index (χ4v) is 2.44. The highest BCUT2D eigenvalue weighted by Crippen LogP contribution is 2.32. The molecule has 1 N–H and O–H groups in total. The van der Waals surface area contributed by atoms with Gasteiger partial charge in [0.15, 0.2) is 0 Å². The molecule has 3 rings (SSSR count). The molecule has 3 heteroatoms. The first-order valence-corrected chi connectivity index (χ1v) is 6.85. The summed E-state index contributed by atoms with van der Waals surface area (Å²) in [6.07, 6.45) is 4.35. The van der Waals surface area contributed by atoms with Crippen LogP contribution in [0.5, 0.6) is 5.75 Å². The molecule has 0 aromatic heterocycles. The summed E-state index contributed by atoms with van der Waals surface area (Å²) in [4.78, 5) is 0. The molecule has 1 aliphatic carbocycles. The van der Waals surface area contributed by atoms with Crippen molar-refractivity contribution in [1.29, 1.82) is 0 Å². The molecule has 2 fully saturated rings. The van der Waals surface area contributed by atoms with Crippen LogP contribution in [0.3, 0.4) is 0 Å². The van der Waals surface area contributed by atoms with E-state index >= 15 is 0 Å². The van der Waals surface area contributed by atoms with Crippen molar-refractivity contribution in [2.75, 3.05) is 13.2 Å². The summed E-state index contributed by atoms with van der Waals surface area (Å²) in [7, 11) is 0. The summed E-state index contributed by atoms with van der Waals surface area (Å²) >= 11 is 0. The van der Waals surface area contributed by atoms with E-state index in [0.717, 1.165) is 43.6 Å². The summed E-state index contributed by atoms with van der Waals surface area (Å²) in [6, 6.07) is 7.86. The second kappa shape index (κ2) is 5.29. The summed E-state index contributed by atoms with van der Waals surface area (Å²) in [6.45, 7) is 1.49. The molecule has 2 unspecified atom stereocenters. The van der Waals surface area contributed by atoms with Crippen molar-refractivity contribution < 1.29 is 14.6 Å². The minimum absolute atomic E-state index is 0.218. The lowest BCUT2D eigenvalue weighted by Crippen LogP contribution is -2.23. The molecule has 1 aliphatic heterocycles. The van der Waals surface area contributed by atoms with E-state index in [0.29, 0.717) is 12.7 Å². The summed E-state index contributed by atoms with van der Waals surface area (Å²) in [5, 5.41) is 10.4. The van der Waals surface area contributed by atoms with Gasteiger partial charge >= 0.3 is 0 Å². The maximum atomic E-state index is 10.4. The minimum atomic E-state index is -0.437. The number of benzene rings is 1. The van der Waals surface area contributed by atoms with E-state index < -0.39 is 6.10 Å². The van der Waals surface area contributed by atoms with E-state index in [1.165, 1.54) is 0 Å². The first kappa shape index (κ1) is 12.0. The second-order valence-electron chi connectivity index (χ2n) is 5.31. The zero-order valence-electron chi connectivity index (χ0n) is 10.5. The molecule has 18 heavy (non-hydrogen) atoms. The summed E-state index contributed by atoms with van der Waals surface area (Å²) in [5.74, 6) is 1.10. The van der Waals surface area contributed by atoms with Gasteiger partial charge in [-0.2, -0.15) is 0 Å². The Morgan fingerprint density at radius 2 is 2.17 bits per heavy atom. The van der Waals surface area contributed by atoms with Crippen LogP contribution in [0.15, 0.2) is 24.3 Å². The van der Waals surface area contributed by atoms with Gasteiger partial charge in [0.05, 0.1) is 18.8 Å². The third kappa shape index (κ3) is 2.85. The molecule has 0 radical (unpaired) electrons. The zero-order chi connectivity index (χ0) is 12.4. The van der Waals surface area contributed by atoms with Crippen molar-refractivity contribution in [1.82, 2.24) is 0 Å². The second-order valence-corrected chi connectivity index (χ2v) is 5.31. The largest absolute Gasteiger partial charge is 0.490 e. The molecular formula is C15H20O3. The van der Waals surface area contributed by atoms with Crippen molar-refractivity contribution >= 4 is 0 Å². The van der Waals surface area contributed by atoms with Gasteiger partial charge in [-0.25, -0.2) is 0 Å². The Kier molecular flexibility index (Phi) is 3.52. The van der Waals surface area contributed by atoms with Crippen LogP contribution in [0, 0.1) is 5.92 Å². The molecule has 2 aliphatic rings. The van der Waals surface area contributed by atoms with Crippen molar-refractivity contribution in [3.8, 4) is 5.75 Å². The highest BCUT2D eigenvalue weighted by atomic mass is 16.5. The Balaban J connectivity index is 1.69. The van der Waals surface area contributed by atoms with Gasteiger partial charge in [0.2, 0.25) is 0 Å². The Morgan fingerprint density at radius 1 is 1.28 bits per heavy atom. The fraction of sp³-hybridized carbons (Fsp3) is 0.600. The molecular weight excluding hydrogens is 228 g/mol. The van der Waals surface area contributed by atoms with Gasteiger partial charge in [-0.05, 0) is 43.4 Å². The van der Waals surface area contributed by atoms with Crippen LogP contribution in [0.1, 0.15) is 37.4 Å². The van der Waals surface area contributed by atoms with Gasteiger partial charge < -0.3 is 14.6 Å². The molecule has 1 saturated carbocycles. The van der Waals surface area contributed by atoms with Crippen molar-refractivity contribution in [2.45, 2.75) is 37.9 Å². The first-order valence-electron chi connectivity index (χ1n) is 6.85. The summed E-state index contributed by atoms with van der Waals surface area (Å²) in [5.41, 5.74) is 0.948. The van der Waals surface area contributed by atoms with Crippen LogP contribution in [0.4, 0.5) is 0 Å². The molecule has 1 aromatic rings. The Morgan fingerprint density at radius 3 is 2.89 bits per heavy atom. The molecule has 2 atom stereocenters. The Hall–Kier alpha value is -1.06. The van der Waals surface area contributed by atoms with Crippen molar-refractivity contribution in [2.24, 2.45) is 5.92 Å². The lowest BCUT2D eigenvalue weighted by atomic mass is 9.91. The third-order valence-electron chi connectivity index (χ3n) is 3.67. The molecule has 1 saturated heterocycles. The predicted molar refractivity (Wildman–Crippen MR) is 68.6 cm³/mol. The van der Waals surface area contributed by atoms with Gasteiger partial charge in [0, 0.05) is 12.5 Å². The van der Waals surface area contributed by atoms with Crippen LogP contribution in [0.2, 0.25) is 0 Å². The van der Waals surface area contributed by atoms with Gasteiger partial charge in [-0.15, -0.1) is 0 Å². The van der Waals surface area contributed by atoms with Crippen LogP contribution < -0.4 is 4.74 Å². The molecule has 0 bridgehead atoms. The average molecular weight is 248 g/mol. The zero-order valence-corrected chi connectivity index (χ0v) is 10.5. The molecule has 1 aromatic carbocycles. The van der Waals surface area contributed by atoms with E-state index in [1.54, 1.807) is 0 Å². The van der Waals surface area contributed by atoms with Crippen molar-refractivity contribution in [3.63, 3.8) is 0 Å². The normalized spacial score (nSPS) is 25.7. The van der Waals surface area contributed by atoms with E-state index in [4.69, 9.17) is 9.47 Å². The van der Waals surface area contributed by atoms with Crippen molar-refractivity contribution in [3.05, 3.63) is 29.8 Å².